The Morgan fingerprint density at radius 3 is 2.19 bits per heavy atom. The highest BCUT2D eigenvalue weighted by molar-refractivity contribution is 6.30. The molecule has 0 bridgehead atoms. The van der Waals surface area contributed by atoms with Gasteiger partial charge in [0.25, 0.3) is 0 Å². The molecule has 2 aromatic rings. The molecule has 1 N–H and O–H groups in total. The number of halogens is 1. The Morgan fingerprint density at radius 2 is 1.61 bits per heavy atom. The second-order valence-corrected chi connectivity index (χ2v) is 7.48. The first kappa shape index (κ1) is 22.5. The van der Waals surface area contributed by atoms with Gasteiger partial charge < -0.3 is 24.6 Å². The van der Waals surface area contributed by atoms with Gasteiger partial charge in [0.2, 0.25) is 11.8 Å². The van der Waals surface area contributed by atoms with E-state index in [0.29, 0.717) is 29.6 Å². The molecule has 0 spiro atoms. The Morgan fingerprint density at radius 1 is 1.00 bits per heavy atom. The lowest BCUT2D eigenvalue weighted by Gasteiger charge is -2.36. The van der Waals surface area contributed by atoms with E-state index in [2.05, 4.69) is 10.2 Å². The summed E-state index contributed by atoms with van der Waals surface area (Å²) in [6.45, 7) is 2.65. The number of methoxy groups -OCH3 is 2. The number of nitrogens with one attached hydrogen (secondary N) is 1. The Hall–Kier alpha value is -3.19. The maximum Gasteiger partial charge on any atom is 0.244 e. The first-order valence-electron chi connectivity index (χ1n) is 9.96. The van der Waals surface area contributed by atoms with Crippen LogP contribution >= 0.6 is 11.6 Å². The van der Waals surface area contributed by atoms with Crippen molar-refractivity contribution < 1.29 is 19.1 Å². The third kappa shape index (κ3) is 6.39. The molecule has 1 fully saturated rings. The number of carbonyl (C=O) groups is 2. The van der Waals surface area contributed by atoms with Gasteiger partial charge in [-0.15, -0.1) is 0 Å². The fourth-order valence-electron chi connectivity index (χ4n) is 3.30. The number of piperazine rings is 1. The monoisotopic (exact) mass is 443 g/mol. The molecule has 164 valence electrons. The summed E-state index contributed by atoms with van der Waals surface area (Å²) >= 11 is 5.94. The zero-order chi connectivity index (χ0) is 22.2. The molecule has 1 aliphatic heterocycles. The van der Waals surface area contributed by atoms with E-state index in [9.17, 15) is 9.59 Å². The van der Waals surface area contributed by atoms with Gasteiger partial charge in [-0.2, -0.15) is 0 Å². The SMILES string of the molecule is COc1cc(/C=C/C(=O)NCC(=O)N2CCN(c3ccc(Cl)cc3)CC2)cc(OC)c1. The fraction of sp³-hybridized carbons (Fsp3) is 0.304. The molecule has 0 aliphatic carbocycles. The molecule has 31 heavy (non-hydrogen) atoms. The minimum absolute atomic E-state index is 0.0362. The van der Waals surface area contributed by atoms with E-state index in [1.54, 1.807) is 43.4 Å². The molecule has 0 radical (unpaired) electrons. The first-order valence-corrected chi connectivity index (χ1v) is 10.3. The van der Waals surface area contributed by atoms with Crippen molar-refractivity contribution in [2.45, 2.75) is 0 Å². The van der Waals surface area contributed by atoms with Crippen molar-refractivity contribution in [1.82, 2.24) is 10.2 Å². The quantitative estimate of drug-likeness (QED) is 0.666. The van der Waals surface area contributed by atoms with Gasteiger partial charge in [-0.3, -0.25) is 9.59 Å². The van der Waals surface area contributed by atoms with Crippen LogP contribution in [-0.2, 0) is 9.59 Å². The molecule has 3 rings (SSSR count). The van der Waals surface area contributed by atoms with Gasteiger partial charge in [-0.25, -0.2) is 0 Å². The standard InChI is InChI=1S/C23H26ClN3O4/c1-30-20-13-17(14-21(15-20)31-2)3-8-22(28)25-16-23(29)27-11-9-26(10-12-27)19-6-4-18(24)5-7-19/h3-8,13-15H,9-12,16H2,1-2H3,(H,25,28)/b8-3+. The van der Waals surface area contributed by atoms with Crippen molar-refractivity contribution in [2.75, 3.05) is 51.8 Å². The summed E-state index contributed by atoms with van der Waals surface area (Å²) in [5, 5.41) is 3.35. The summed E-state index contributed by atoms with van der Waals surface area (Å²) in [4.78, 5) is 28.6. The maximum absolute atomic E-state index is 12.4. The number of rotatable bonds is 7. The van der Waals surface area contributed by atoms with E-state index in [4.69, 9.17) is 21.1 Å². The van der Waals surface area contributed by atoms with Crippen LogP contribution in [0.15, 0.2) is 48.5 Å². The predicted octanol–water partition coefficient (Wildman–Crippen LogP) is 2.84. The Balaban J connectivity index is 1.46. The van der Waals surface area contributed by atoms with Gasteiger partial charge in [-0.05, 0) is 48.0 Å². The number of hydrogen-bond donors (Lipinski definition) is 1. The molecule has 1 heterocycles. The minimum atomic E-state index is -0.338. The zero-order valence-electron chi connectivity index (χ0n) is 17.6. The van der Waals surface area contributed by atoms with Gasteiger partial charge in [0.05, 0.1) is 20.8 Å². The fourth-order valence-corrected chi connectivity index (χ4v) is 3.42. The number of nitrogens with zero attached hydrogens (tertiary/aromatic N) is 2. The third-order valence-electron chi connectivity index (χ3n) is 5.04. The summed E-state index contributed by atoms with van der Waals surface area (Å²) in [6, 6.07) is 13.0. The highest BCUT2D eigenvalue weighted by atomic mass is 35.5. The average molecular weight is 444 g/mol. The molecule has 0 unspecified atom stereocenters. The van der Waals surface area contributed by atoms with E-state index in [1.165, 1.54) is 6.08 Å². The minimum Gasteiger partial charge on any atom is -0.497 e. The van der Waals surface area contributed by atoms with E-state index < -0.39 is 0 Å². The third-order valence-corrected chi connectivity index (χ3v) is 5.29. The second kappa shape index (κ2) is 10.7. The van der Waals surface area contributed by atoms with E-state index >= 15 is 0 Å². The topological polar surface area (TPSA) is 71.1 Å². The number of anilines is 1. The van der Waals surface area contributed by atoms with Crippen LogP contribution in [0, 0.1) is 0 Å². The molecule has 1 aliphatic rings. The van der Waals surface area contributed by atoms with Crippen molar-refractivity contribution in [1.29, 1.82) is 0 Å². The molecule has 7 nitrogen and oxygen atoms in total. The molecular weight excluding hydrogens is 418 g/mol. The zero-order valence-corrected chi connectivity index (χ0v) is 18.4. The van der Waals surface area contributed by atoms with Crippen LogP contribution in [0.3, 0.4) is 0 Å². The maximum atomic E-state index is 12.4. The summed E-state index contributed by atoms with van der Waals surface area (Å²) < 4.78 is 10.4. The van der Waals surface area contributed by atoms with Gasteiger partial charge in [0.1, 0.15) is 11.5 Å². The molecule has 0 atom stereocenters. The van der Waals surface area contributed by atoms with Crippen LogP contribution in [0.5, 0.6) is 11.5 Å². The summed E-state index contributed by atoms with van der Waals surface area (Å²) in [6.07, 6.45) is 3.04. The molecule has 0 saturated carbocycles. The number of carbonyl (C=O) groups excluding carboxylic acids is 2. The molecule has 8 heteroatoms. The van der Waals surface area contributed by atoms with Crippen molar-refractivity contribution >= 4 is 35.2 Å². The number of amides is 2. The highest BCUT2D eigenvalue weighted by Gasteiger charge is 2.21. The molecule has 2 amide bonds. The van der Waals surface area contributed by atoms with E-state index in [1.807, 2.05) is 24.3 Å². The van der Waals surface area contributed by atoms with Gasteiger partial charge >= 0.3 is 0 Å². The summed E-state index contributed by atoms with van der Waals surface area (Å²) in [7, 11) is 3.13. The summed E-state index contributed by atoms with van der Waals surface area (Å²) in [5.41, 5.74) is 1.85. The normalized spacial score (nSPS) is 13.9. The Bertz CT molecular complexity index is 916. The van der Waals surface area contributed by atoms with Crippen LogP contribution in [0.4, 0.5) is 5.69 Å². The van der Waals surface area contributed by atoms with Gasteiger partial charge in [0, 0.05) is 49.0 Å². The smallest absolute Gasteiger partial charge is 0.244 e. The molecule has 1 saturated heterocycles. The van der Waals surface area contributed by atoms with Crippen LogP contribution in [0.25, 0.3) is 6.08 Å². The van der Waals surface area contributed by atoms with Crippen LogP contribution in [0.2, 0.25) is 5.02 Å². The van der Waals surface area contributed by atoms with Crippen molar-refractivity contribution in [3.8, 4) is 11.5 Å². The molecule has 2 aromatic carbocycles. The average Bonchev–Trinajstić information content (AvgIpc) is 2.81. The lowest BCUT2D eigenvalue weighted by Crippen LogP contribution is -2.51. The van der Waals surface area contributed by atoms with Crippen LogP contribution < -0.4 is 19.7 Å². The number of ether oxygens (including phenoxy) is 2. The first-order chi connectivity index (χ1) is 15.0. The van der Waals surface area contributed by atoms with Crippen LogP contribution in [0.1, 0.15) is 5.56 Å². The Kier molecular flexibility index (Phi) is 7.78. The summed E-state index contributed by atoms with van der Waals surface area (Å²) in [5.74, 6) is 0.829. The lowest BCUT2D eigenvalue weighted by molar-refractivity contribution is -0.132. The van der Waals surface area contributed by atoms with Crippen molar-refractivity contribution in [3.63, 3.8) is 0 Å². The second-order valence-electron chi connectivity index (χ2n) is 7.04. The predicted molar refractivity (Wildman–Crippen MR) is 122 cm³/mol. The van der Waals surface area contributed by atoms with Gasteiger partial charge in [0.15, 0.2) is 0 Å². The number of hydrogen-bond acceptors (Lipinski definition) is 5. The van der Waals surface area contributed by atoms with Crippen LogP contribution in [-0.4, -0.2) is 63.7 Å². The molecule has 0 aromatic heterocycles. The Labute approximate surface area is 187 Å². The van der Waals surface area contributed by atoms with Crippen molar-refractivity contribution in [2.24, 2.45) is 0 Å². The van der Waals surface area contributed by atoms with Gasteiger partial charge in [-0.1, -0.05) is 11.6 Å². The highest BCUT2D eigenvalue weighted by Crippen LogP contribution is 2.23. The number of benzene rings is 2. The lowest BCUT2D eigenvalue weighted by atomic mass is 10.2. The van der Waals surface area contributed by atoms with Crippen molar-refractivity contribution in [3.05, 3.63) is 59.1 Å². The largest absolute Gasteiger partial charge is 0.497 e. The van der Waals surface area contributed by atoms with E-state index in [-0.39, 0.29) is 18.4 Å². The van der Waals surface area contributed by atoms with E-state index in [0.717, 1.165) is 24.3 Å². The molecular formula is C23H26ClN3O4.